The monoisotopic (exact) mass is 285 g/mol. The molecule has 1 N–H and O–H groups in total. The summed E-state index contributed by atoms with van der Waals surface area (Å²) < 4.78 is 0. The summed E-state index contributed by atoms with van der Waals surface area (Å²) in [4.78, 5) is 13.1. The lowest BCUT2D eigenvalue weighted by molar-refractivity contribution is -0.113. The van der Waals surface area contributed by atoms with Crippen molar-refractivity contribution < 1.29 is 4.79 Å². The fraction of sp³-hybridized carbons (Fsp3) is 0.235. The molecule has 0 unspecified atom stereocenters. The minimum absolute atomic E-state index is 0.0292. The van der Waals surface area contributed by atoms with E-state index in [2.05, 4.69) is 25.2 Å². The van der Waals surface area contributed by atoms with Crippen molar-refractivity contribution in [3.63, 3.8) is 0 Å². The Labute approximate surface area is 124 Å². The van der Waals surface area contributed by atoms with Crippen LogP contribution in [0, 0.1) is 20.8 Å². The largest absolute Gasteiger partial charge is 0.325 e. The highest BCUT2D eigenvalue weighted by atomic mass is 32.2. The molecule has 2 nitrogen and oxygen atoms in total. The van der Waals surface area contributed by atoms with E-state index in [1.165, 1.54) is 16.7 Å². The molecule has 0 heterocycles. The Balaban J connectivity index is 1.93. The molecule has 2 aromatic carbocycles. The van der Waals surface area contributed by atoms with Crippen LogP contribution in [0.1, 0.15) is 16.7 Å². The van der Waals surface area contributed by atoms with Crippen LogP contribution >= 0.6 is 11.8 Å². The molecule has 104 valence electrons. The fourth-order valence-electron chi connectivity index (χ4n) is 1.88. The first-order valence-corrected chi connectivity index (χ1v) is 7.60. The van der Waals surface area contributed by atoms with Crippen molar-refractivity contribution >= 4 is 23.4 Å². The molecule has 0 saturated heterocycles. The number of carbonyl (C=O) groups excluding carboxylic acids is 1. The highest BCUT2D eigenvalue weighted by molar-refractivity contribution is 8.00. The third kappa shape index (κ3) is 3.87. The molecule has 0 radical (unpaired) electrons. The van der Waals surface area contributed by atoms with E-state index in [9.17, 15) is 4.79 Å². The summed E-state index contributed by atoms with van der Waals surface area (Å²) in [5.74, 6) is 0.458. The number of benzene rings is 2. The Bertz CT molecular complexity index is 622. The summed E-state index contributed by atoms with van der Waals surface area (Å²) in [6, 6.07) is 14.1. The van der Waals surface area contributed by atoms with Gasteiger partial charge in [0, 0.05) is 10.6 Å². The second kappa shape index (κ2) is 6.62. The second-order valence-electron chi connectivity index (χ2n) is 4.90. The van der Waals surface area contributed by atoms with Gasteiger partial charge >= 0.3 is 0 Å². The van der Waals surface area contributed by atoms with E-state index in [-0.39, 0.29) is 5.91 Å². The third-order valence-corrected chi connectivity index (χ3v) is 4.42. The molecule has 0 fully saturated rings. The van der Waals surface area contributed by atoms with Crippen molar-refractivity contribution in [3.05, 3.63) is 59.2 Å². The zero-order valence-corrected chi connectivity index (χ0v) is 12.9. The number of nitrogens with one attached hydrogen (secondary N) is 1. The molecule has 3 heteroatoms. The van der Waals surface area contributed by atoms with E-state index in [4.69, 9.17) is 0 Å². The van der Waals surface area contributed by atoms with Crippen molar-refractivity contribution in [2.24, 2.45) is 0 Å². The van der Waals surface area contributed by atoms with Crippen LogP contribution in [0.25, 0.3) is 0 Å². The molecule has 0 aliphatic carbocycles. The predicted octanol–water partition coefficient (Wildman–Crippen LogP) is 4.34. The highest BCUT2D eigenvalue weighted by Gasteiger charge is 2.05. The summed E-state index contributed by atoms with van der Waals surface area (Å²) in [6.45, 7) is 6.17. The SMILES string of the molecule is Cc1ccc(NC(=O)CSc2ccccc2C)cc1C. The first-order chi connectivity index (χ1) is 9.56. The van der Waals surface area contributed by atoms with Crippen molar-refractivity contribution in [1.82, 2.24) is 0 Å². The molecule has 0 aliphatic rings. The zero-order valence-electron chi connectivity index (χ0n) is 12.1. The lowest BCUT2D eigenvalue weighted by atomic mass is 10.1. The average Bonchev–Trinajstić information content (AvgIpc) is 2.42. The lowest BCUT2D eigenvalue weighted by Crippen LogP contribution is -2.14. The van der Waals surface area contributed by atoms with E-state index in [1.54, 1.807) is 11.8 Å². The van der Waals surface area contributed by atoms with Crippen LogP contribution in [0.3, 0.4) is 0 Å². The van der Waals surface area contributed by atoms with E-state index in [1.807, 2.05) is 43.3 Å². The molecule has 2 aromatic rings. The van der Waals surface area contributed by atoms with Crippen molar-refractivity contribution in [3.8, 4) is 0 Å². The predicted molar refractivity (Wildman–Crippen MR) is 86.4 cm³/mol. The maximum Gasteiger partial charge on any atom is 0.234 e. The number of aryl methyl sites for hydroxylation is 3. The van der Waals surface area contributed by atoms with Crippen LogP contribution < -0.4 is 5.32 Å². The maximum atomic E-state index is 12.0. The smallest absolute Gasteiger partial charge is 0.234 e. The Kier molecular flexibility index (Phi) is 4.85. The molecule has 2 rings (SSSR count). The second-order valence-corrected chi connectivity index (χ2v) is 5.92. The molecule has 0 aliphatic heterocycles. The Morgan fingerprint density at radius 1 is 1.00 bits per heavy atom. The van der Waals surface area contributed by atoms with Gasteiger partial charge in [-0.05, 0) is 55.7 Å². The van der Waals surface area contributed by atoms with Gasteiger partial charge in [0.2, 0.25) is 5.91 Å². The van der Waals surface area contributed by atoms with Crippen LogP contribution in [0.5, 0.6) is 0 Å². The first-order valence-electron chi connectivity index (χ1n) is 6.62. The van der Waals surface area contributed by atoms with Crippen molar-refractivity contribution in [2.75, 3.05) is 11.1 Å². The summed E-state index contributed by atoms with van der Waals surface area (Å²) in [5.41, 5.74) is 4.49. The van der Waals surface area contributed by atoms with Crippen LogP contribution in [-0.4, -0.2) is 11.7 Å². The number of hydrogen-bond donors (Lipinski definition) is 1. The molecule has 1 amide bonds. The third-order valence-electron chi connectivity index (χ3n) is 3.24. The minimum Gasteiger partial charge on any atom is -0.325 e. The van der Waals surface area contributed by atoms with Crippen LogP contribution in [0.2, 0.25) is 0 Å². The maximum absolute atomic E-state index is 12.0. The molecular formula is C17H19NOS. The average molecular weight is 285 g/mol. The number of anilines is 1. The van der Waals surface area contributed by atoms with Gasteiger partial charge < -0.3 is 5.32 Å². The molecule has 0 bridgehead atoms. The van der Waals surface area contributed by atoms with Gasteiger partial charge in [-0.1, -0.05) is 24.3 Å². The van der Waals surface area contributed by atoms with Crippen molar-refractivity contribution in [1.29, 1.82) is 0 Å². The quantitative estimate of drug-likeness (QED) is 0.847. The number of carbonyl (C=O) groups is 1. The summed E-state index contributed by atoms with van der Waals surface area (Å²) in [7, 11) is 0. The van der Waals surface area contributed by atoms with E-state index < -0.39 is 0 Å². The summed E-state index contributed by atoms with van der Waals surface area (Å²) >= 11 is 1.57. The van der Waals surface area contributed by atoms with Crippen LogP contribution in [0.4, 0.5) is 5.69 Å². The van der Waals surface area contributed by atoms with Crippen LogP contribution in [-0.2, 0) is 4.79 Å². The van der Waals surface area contributed by atoms with Gasteiger partial charge in [-0.15, -0.1) is 11.8 Å². The molecule has 0 spiro atoms. The van der Waals surface area contributed by atoms with E-state index >= 15 is 0 Å². The first kappa shape index (κ1) is 14.7. The van der Waals surface area contributed by atoms with Crippen LogP contribution in [0.15, 0.2) is 47.4 Å². The summed E-state index contributed by atoms with van der Waals surface area (Å²) in [5, 5.41) is 2.94. The number of amides is 1. The minimum atomic E-state index is 0.0292. The van der Waals surface area contributed by atoms with Gasteiger partial charge in [0.05, 0.1) is 5.75 Å². The van der Waals surface area contributed by atoms with Gasteiger partial charge in [0.15, 0.2) is 0 Å². The molecular weight excluding hydrogens is 266 g/mol. The van der Waals surface area contributed by atoms with E-state index in [0.29, 0.717) is 5.75 Å². The van der Waals surface area contributed by atoms with Gasteiger partial charge in [-0.2, -0.15) is 0 Å². The Hall–Kier alpha value is -1.74. The lowest BCUT2D eigenvalue weighted by Gasteiger charge is -2.08. The topological polar surface area (TPSA) is 29.1 Å². The Morgan fingerprint density at radius 2 is 1.75 bits per heavy atom. The summed E-state index contributed by atoms with van der Waals surface area (Å²) in [6.07, 6.45) is 0. The molecule has 20 heavy (non-hydrogen) atoms. The number of thioether (sulfide) groups is 1. The standard InChI is InChI=1S/C17H19NOS/c1-12-8-9-15(10-14(12)3)18-17(19)11-20-16-7-5-4-6-13(16)2/h4-10H,11H2,1-3H3,(H,18,19). The number of hydrogen-bond acceptors (Lipinski definition) is 2. The fourth-order valence-corrected chi connectivity index (χ4v) is 2.71. The molecule has 0 atom stereocenters. The van der Waals surface area contributed by atoms with Gasteiger partial charge in [-0.3, -0.25) is 4.79 Å². The molecule has 0 aromatic heterocycles. The van der Waals surface area contributed by atoms with Gasteiger partial charge in [0.25, 0.3) is 0 Å². The zero-order chi connectivity index (χ0) is 14.5. The Morgan fingerprint density at radius 3 is 2.45 bits per heavy atom. The van der Waals surface area contributed by atoms with Gasteiger partial charge in [0.1, 0.15) is 0 Å². The molecule has 0 saturated carbocycles. The van der Waals surface area contributed by atoms with Gasteiger partial charge in [-0.25, -0.2) is 0 Å². The number of rotatable bonds is 4. The highest BCUT2D eigenvalue weighted by Crippen LogP contribution is 2.22. The van der Waals surface area contributed by atoms with E-state index in [0.717, 1.165) is 10.6 Å². The van der Waals surface area contributed by atoms with Crippen molar-refractivity contribution in [2.45, 2.75) is 25.7 Å². The normalized spacial score (nSPS) is 10.3.